The van der Waals surface area contributed by atoms with Crippen LogP contribution in [-0.2, 0) is 0 Å². The van der Waals surface area contributed by atoms with Crippen molar-refractivity contribution in [1.29, 1.82) is 0 Å². The Bertz CT molecular complexity index is 264. The Kier molecular flexibility index (Phi) is 4.23. The summed E-state index contributed by atoms with van der Waals surface area (Å²) in [4.78, 5) is 15.0. The van der Waals surface area contributed by atoms with Gasteiger partial charge in [0.25, 0.3) is 0 Å². The van der Waals surface area contributed by atoms with Gasteiger partial charge in [-0.25, -0.2) is 4.79 Å². The molecule has 2 fully saturated rings. The summed E-state index contributed by atoms with van der Waals surface area (Å²) in [5.74, 6) is 0. The van der Waals surface area contributed by atoms with Crippen molar-refractivity contribution in [3.05, 3.63) is 0 Å². The quantitative estimate of drug-likeness (QED) is 0.751. The van der Waals surface area contributed by atoms with E-state index in [1.807, 2.05) is 0 Å². The Labute approximate surface area is 103 Å². The third-order valence-electron chi connectivity index (χ3n) is 4.07. The first kappa shape index (κ1) is 12.6. The fraction of sp³-hybridized carbons (Fsp3) is 0.917. The van der Waals surface area contributed by atoms with E-state index in [0.717, 1.165) is 32.5 Å². The maximum Gasteiger partial charge on any atom is 0.407 e. The molecule has 0 radical (unpaired) electrons. The minimum atomic E-state index is -0.768. The zero-order valence-electron chi connectivity index (χ0n) is 10.6. The molecular formula is C12H23N3O2. The lowest BCUT2D eigenvalue weighted by atomic mass is 9.99. The number of piperidine rings is 1. The normalized spacial score (nSPS) is 28.3. The van der Waals surface area contributed by atoms with E-state index in [1.165, 1.54) is 6.42 Å². The number of rotatable bonds is 2. The van der Waals surface area contributed by atoms with Crippen molar-refractivity contribution in [2.45, 2.75) is 38.3 Å². The lowest BCUT2D eigenvalue weighted by Crippen LogP contribution is -2.57. The number of hydrogen-bond acceptors (Lipinski definition) is 3. The van der Waals surface area contributed by atoms with Crippen LogP contribution < -0.4 is 5.32 Å². The summed E-state index contributed by atoms with van der Waals surface area (Å²) in [7, 11) is 0. The van der Waals surface area contributed by atoms with E-state index in [0.29, 0.717) is 25.2 Å². The second kappa shape index (κ2) is 5.69. The molecule has 0 saturated carbocycles. The maximum atomic E-state index is 10.9. The van der Waals surface area contributed by atoms with Crippen molar-refractivity contribution in [3.8, 4) is 0 Å². The van der Waals surface area contributed by atoms with Crippen LogP contribution in [0.15, 0.2) is 0 Å². The molecule has 17 heavy (non-hydrogen) atoms. The Morgan fingerprint density at radius 3 is 2.65 bits per heavy atom. The second-order valence-corrected chi connectivity index (χ2v) is 5.00. The van der Waals surface area contributed by atoms with Crippen LogP contribution in [0.4, 0.5) is 4.79 Å². The molecule has 2 heterocycles. The molecule has 0 aromatic heterocycles. The lowest BCUT2D eigenvalue weighted by molar-refractivity contribution is 0.0556. The monoisotopic (exact) mass is 241 g/mol. The summed E-state index contributed by atoms with van der Waals surface area (Å²) in [6.45, 7) is 6.87. The molecule has 5 nitrogen and oxygen atoms in total. The number of nitrogens with one attached hydrogen (secondary N) is 1. The Hall–Kier alpha value is -0.810. The first-order chi connectivity index (χ1) is 8.22. The second-order valence-electron chi connectivity index (χ2n) is 5.00. The van der Waals surface area contributed by atoms with Gasteiger partial charge in [-0.15, -0.1) is 0 Å². The standard InChI is InChI=1S/C12H23N3O2/c1-2-10-9-13-5-8-15(10)11-3-6-14(7-4-11)12(16)17/h10-11,13H,2-9H2,1H3,(H,16,17). The zero-order chi connectivity index (χ0) is 12.3. The summed E-state index contributed by atoms with van der Waals surface area (Å²) >= 11 is 0. The molecule has 1 unspecified atom stereocenters. The number of hydrogen-bond donors (Lipinski definition) is 2. The van der Waals surface area contributed by atoms with Crippen LogP contribution in [0.1, 0.15) is 26.2 Å². The number of likely N-dealkylation sites (tertiary alicyclic amines) is 1. The average molecular weight is 241 g/mol. The van der Waals surface area contributed by atoms with E-state index >= 15 is 0 Å². The Morgan fingerprint density at radius 2 is 2.06 bits per heavy atom. The highest BCUT2D eigenvalue weighted by Gasteiger charge is 2.31. The highest BCUT2D eigenvalue weighted by molar-refractivity contribution is 5.65. The third kappa shape index (κ3) is 2.90. The van der Waals surface area contributed by atoms with Gasteiger partial charge in [-0.3, -0.25) is 4.90 Å². The van der Waals surface area contributed by atoms with Crippen molar-refractivity contribution in [2.24, 2.45) is 0 Å². The van der Waals surface area contributed by atoms with Crippen LogP contribution in [0.2, 0.25) is 0 Å². The summed E-state index contributed by atoms with van der Waals surface area (Å²) in [6, 6.07) is 1.21. The molecular weight excluding hydrogens is 218 g/mol. The van der Waals surface area contributed by atoms with Crippen LogP contribution in [0.5, 0.6) is 0 Å². The Balaban J connectivity index is 1.88. The summed E-state index contributed by atoms with van der Waals surface area (Å²) in [5.41, 5.74) is 0. The molecule has 2 rings (SSSR count). The van der Waals surface area contributed by atoms with Crippen molar-refractivity contribution >= 4 is 6.09 Å². The highest BCUT2D eigenvalue weighted by atomic mass is 16.4. The minimum Gasteiger partial charge on any atom is -0.465 e. The van der Waals surface area contributed by atoms with Gasteiger partial charge in [0.15, 0.2) is 0 Å². The van der Waals surface area contributed by atoms with Crippen LogP contribution in [0, 0.1) is 0 Å². The van der Waals surface area contributed by atoms with E-state index in [9.17, 15) is 4.79 Å². The van der Waals surface area contributed by atoms with E-state index in [2.05, 4.69) is 17.1 Å². The SMILES string of the molecule is CCC1CNCCN1C1CCN(C(=O)O)CC1. The van der Waals surface area contributed by atoms with Gasteiger partial charge < -0.3 is 15.3 Å². The number of carbonyl (C=O) groups is 1. The molecule has 2 aliphatic heterocycles. The van der Waals surface area contributed by atoms with Gasteiger partial charge in [0.1, 0.15) is 0 Å². The fourth-order valence-electron chi connectivity index (χ4n) is 3.03. The molecule has 1 atom stereocenters. The minimum absolute atomic E-state index is 0.581. The largest absolute Gasteiger partial charge is 0.465 e. The number of piperazine rings is 1. The maximum absolute atomic E-state index is 10.9. The zero-order valence-corrected chi connectivity index (χ0v) is 10.6. The Morgan fingerprint density at radius 1 is 1.35 bits per heavy atom. The third-order valence-corrected chi connectivity index (χ3v) is 4.07. The predicted molar refractivity (Wildman–Crippen MR) is 66.3 cm³/mol. The molecule has 2 saturated heterocycles. The fourth-order valence-corrected chi connectivity index (χ4v) is 3.03. The molecule has 0 spiro atoms. The smallest absolute Gasteiger partial charge is 0.407 e. The highest BCUT2D eigenvalue weighted by Crippen LogP contribution is 2.21. The molecule has 2 aliphatic rings. The molecule has 0 aromatic carbocycles. The molecule has 0 aromatic rings. The van der Waals surface area contributed by atoms with E-state index in [1.54, 1.807) is 4.90 Å². The molecule has 0 aliphatic carbocycles. The van der Waals surface area contributed by atoms with Crippen LogP contribution in [0.25, 0.3) is 0 Å². The molecule has 2 N–H and O–H groups in total. The van der Waals surface area contributed by atoms with Crippen molar-refractivity contribution in [2.75, 3.05) is 32.7 Å². The topological polar surface area (TPSA) is 55.8 Å². The average Bonchev–Trinajstić information content (AvgIpc) is 2.39. The van der Waals surface area contributed by atoms with Crippen molar-refractivity contribution in [3.63, 3.8) is 0 Å². The summed E-state index contributed by atoms with van der Waals surface area (Å²) < 4.78 is 0. The molecule has 98 valence electrons. The van der Waals surface area contributed by atoms with Crippen LogP contribution in [-0.4, -0.2) is 65.8 Å². The van der Waals surface area contributed by atoms with E-state index in [-0.39, 0.29) is 0 Å². The molecule has 0 bridgehead atoms. The first-order valence-corrected chi connectivity index (χ1v) is 6.66. The van der Waals surface area contributed by atoms with Gasteiger partial charge >= 0.3 is 6.09 Å². The number of carboxylic acid groups (broad SMARTS) is 1. The molecule has 1 amide bonds. The van der Waals surface area contributed by atoms with Gasteiger partial charge in [0, 0.05) is 44.8 Å². The number of amides is 1. The summed E-state index contributed by atoms with van der Waals surface area (Å²) in [6.07, 6.45) is 2.38. The number of nitrogens with zero attached hydrogens (tertiary/aromatic N) is 2. The van der Waals surface area contributed by atoms with Crippen molar-refractivity contribution < 1.29 is 9.90 Å². The van der Waals surface area contributed by atoms with Gasteiger partial charge in [-0.1, -0.05) is 6.92 Å². The summed E-state index contributed by atoms with van der Waals surface area (Å²) in [5, 5.41) is 12.4. The van der Waals surface area contributed by atoms with Crippen molar-refractivity contribution in [1.82, 2.24) is 15.1 Å². The van der Waals surface area contributed by atoms with Crippen LogP contribution in [0.3, 0.4) is 0 Å². The van der Waals surface area contributed by atoms with Crippen LogP contribution >= 0.6 is 0 Å². The van der Waals surface area contributed by atoms with E-state index in [4.69, 9.17) is 5.11 Å². The van der Waals surface area contributed by atoms with Gasteiger partial charge in [0.2, 0.25) is 0 Å². The first-order valence-electron chi connectivity index (χ1n) is 6.66. The lowest BCUT2D eigenvalue weighted by Gasteiger charge is -2.44. The van der Waals surface area contributed by atoms with E-state index < -0.39 is 6.09 Å². The van der Waals surface area contributed by atoms with Gasteiger partial charge in [-0.05, 0) is 19.3 Å². The van der Waals surface area contributed by atoms with Gasteiger partial charge in [0.05, 0.1) is 0 Å². The predicted octanol–water partition coefficient (Wildman–Crippen LogP) is 0.813. The molecule has 5 heteroatoms. The van der Waals surface area contributed by atoms with Gasteiger partial charge in [-0.2, -0.15) is 0 Å².